The number of aliphatic hydroxyl groups excluding tert-OH is 1. The molecule has 3 fully saturated rings. The van der Waals surface area contributed by atoms with Crippen molar-refractivity contribution in [1.29, 1.82) is 0 Å². The molecule has 38 heavy (non-hydrogen) atoms. The summed E-state index contributed by atoms with van der Waals surface area (Å²) < 4.78 is 12.2. The maximum Gasteiger partial charge on any atom is 0.312 e. The Hall–Kier alpha value is -3.23. The molecule has 1 N–H and O–H groups in total. The molecule has 2 bridgehead atoms. The number of rotatable bonds is 9. The first-order valence-electron chi connectivity index (χ1n) is 13.5. The van der Waals surface area contributed by atoms with Crippen LogP contribution in [0.4, 0.5) is 5.69 Å². The van der Waals surface area contributed by atoms with Crippen molar-refractivity contribution in [3.63, 3.8) is 0 Å². The molecule has 2 aromatic rings. The Balaban J connectivity index is 1.62. The molecular formula is C30H36N2O6. The van der Waals surface area contributed by atoms with Crippen LogP contribution in [0, 0.1) is 11.8 Å². The van der Waals surface area contributed by atoms with Gasteiger partial charge in [-0.15, -0.1) is 6.58 Å². The van der Waals surface area contributed by atoms with Crippen molar-refractivity contribution in [2.24, 2.45) is 11.8 Å². The molecule has 202 valence electrons. The van der Waals surface area contributed by atoms with Crippen LogP contribution >= 0.6 is 0 Å². The van der Waals surface area contributed by atoms with Gasteiger partial charge in [-0.2, -0.15) is 0 Å². The molecule has 3 saturated heterocycles. The number of ether oxygens (including phenoxy) is 2. The highest BCUT2D eigenvalue weighted by Gasteiger charge is 2.79. The smallest absolute Gasteiger partial charge is 0.312 e. The average Bonchev–Trinajstić information content (AvgIpc) is 3.54. The summed E-state index contributed by atoms with van der Waals surface area (Å²) >= 11 is 0. The van der Waals surface area contributed by atoms with Crippen LogP contribution in [0.1, 0.15) is 40.0 Å². The Morgan fingerprint density at radius 2 is 1.97 bits per heavy atom. The summed E-state index contributed by atoms with van der Waals surface area (Å²) in [4.78, 5) is 45.0. The highest BCUT2D eigenvalue weighted by atomic mass is 16.6. The molecule has 5 rings (SSSR count). The van der Waals surface area contributed by atoms with Crippen molar-refractivity contribution in [2.45, 2.75) is 63.3 Å². The number of hydrogen-bond acceptors (Lipinski definition) is 6. The number of aliphatic hydroxyl groups is 1. The molecule has 3 aliphatic rings. The van der Waals surface area contributed by atoms with E-state index >= 15 is 0 Å². The van der Waals surface area contributed by atoms with Crippen molar-refractivity contribution < 1.29 is 29.0 Å². The molecule has 0 aliphatic carbocycles. The topological polar surface area (TPSA) is 96.4 Å². The van der Waals surface area contributed by atoms with E-state index in [2.05, 4.69) is 6.58 Å². The van der Waals surface area contributed by atoms with Crippen LogP contribution in [0.2, 0.25) is 0 Å². The van der Waals surface area contributed by atoms with Gasteiger partial charge in [0.2, 0.25) is 5.91 Å². The maximum absolute atomic E-state index is 14.6. The van der Waals surface area contributed by atoms with Crippen LogP contribution < -0.4 is 4.90 Å². The van der Waals surface area contributed by atoms with Crippen molar-refractivity contribution in [3.8, 4) is 0 Å². The molecule has 3 aliphatic heterocycles. The first-order chi connectivity index (χ1) is 18.3. The van der Waals surface area contributed by atoms with Gasteiger partial charge in [-0.05, 0) is 56.0 Å². The second-order valence-electron chi connectivity index (χ2n) is 10.6. The molecule has 2 amide bonds. The molecule has 8 nitrogen and oxygen atoms in total. The summed E-state index contributed by atoms with van der Waals surface area (Å²) in [7, 11) is 0. The van der Waals surface area contributed by atoms with Crippen LogP contribution in [-0.4, -0.2) is 70.8 Å². The number of carbonyl (C=O) groups is 3. The molecule has 8 heteroatoms. The van der Waals surface area contributed by atoms with E-state index < -0.39 is 41.1 Å². The van der Waals surface area contributed by atoms with Gasteiger partial charge >= 0.3 is 5.97 Å². The minimum atomic E-state index is -1.18. The zero-order valence-corrected chi connectivity index (χ0v) is 22.3. The zero-order chi connectivity index (χ0) is 27.2. The minimum absolute atomic E-state index is 0.192. The maximum atomic E-state index is 14.6. The fourth-order valence-corrected chi connectivity index (χ4v) is 7.03. The Kier molecular flexibility index (Phi) is 6.82. The Morgan fingerprint density at radius 3 is 2.63 bits per heavy atom. The van der Waals surface area contributed by atoms with E-state index in [9.17, 15) is 19.5 Å². The van der Waals surface area contributed by atoms with Gasteiger partial charge < -0.3 is 24.4 Å². The Morgan fingerprint density at radius 1 is 1.24 bits per heavy atom. The number of benzene rings is 2. The molecule has 3 heterocycles. The number of nitrogens with zero attached hydrogens (tertiary/aromatic N) is 2. The van der Waals surface area contributed by atoms with E-state index in [-0.39, 0.29) is 31.6 Å². The van der Waals surface area contributed by atoms with Gasteiger partial charge in [-0.1, -0.05) is 43.3 Å². The lowest BCUT2D eigenvalue weighted by Crippen LogP contribution is -2.58. The zero-order valence-electron chi connectivity index (χ0n) is 22.3. The van der Waals surface area contributed by atoms with Gasteiger partial charge in [0.15, 0.2) is 0 Å². The van der Waals surface area contributed by atoms with E-state index in [0.717, 1.165) is 10.8 Å². The van der Waals surface area contributed by atoms with Crippen LogP contribution in [0.5, 0.6) is 0 Å². The molecule has 2 aromatic carbocycles. The van der Waals surface area contributed by atoms with Crippen LogP contribution in [0.3, 0.4) is 0 Å². The molecule has 0 aromatic heterocycles. The predicted octanol–water partition coefficient (Wildman–Crippen LogP) is 3.46. The summed E-state index contributed by atoms with van der Waals surface area (Å²) in [6.07, 6.45) is 3.21. The molecule has 6 atom stereocenters. The first kappa shape index (κ1) is 26.4. The third kappa shape index (κ3) is 3.68. The summed E-state index contributed by atoms with van der Waals surface area (Å²) in [6, 6.07) is 12.1. The van der Waals surface area contributed by atoms with Gasteiger partial charge in [0.05, 0.1) is 30.8 Å². The quantitative estimate of drug-likeness (QED) is 0.402. The van der Waals surface area contributed by atoms with Gasteiger partial charge in [0.1, 0.15) is 17.6 Å². The van der Waals surface area contributed by atoms with Crippen molar-refractivity contribution in [1.82, 2.24) is 4.90 Å². The largest absolute Gasteiger partial charge is 0.466 e. The molecule has 2 unspecified atom stereocenters. The predicted molar refractivity (Wildman–Crippen MR) is 143 cm³/mol. The van der Waals surface area contributed by atoms with Crippen LogP contribution in [0.15, 0.2) is 55.1 Å². The molecular weight excluding hydrogens is 484 g/mol. The van der Waals surface area contributed by atoms with Gasteiger partial charge in [0, 0.05) is 12.2 Å². The number of esters is 1. The van der Waals surface area contributed by atoms with Crippen molar-refractivity contribution in [2.75, 3.05) is 24.7 Å². The fourth-order valence-electron chi connectivity index (χ4n) is 7.03. The third-order valence-electron chi connectivity index (χ3n) is 8.75. The van der Waals surface area contributed by atoms with E-state index in [4.69, 9.17) is 9.47 Å². The highest BCUT2D eigenvalue weighted by molar-refractivity contribution is 6.05. The number of carbonyl (C=O) groups excluding carboxylic acids is 3. The summed E-state index contributed by atoms with van der Waals surface area (Å²) in [6.45, 7) is 9.36. The van der Waals surface area contributed by atoms with Crippen LogP contribution in [-0.2, 0) is 23.9 Å². The molecule has 1 spiro atoms. The first-order valence-corrected chi connectivity index (χ1v) is 13.5. The highest BCUT2D eigenvalue weighted by Crippen LogP contribution is 2.64. The van der Waals surface area contributed by atoms with Gasteiger partial charge in [0.25, 0.3) is 5.91 Å². The van der Waals surface area contributed by atoms with E-state index in [1.807, 2.05) is 49.4 Å². The standard InChI is InChI=1S/C30H36N2O6/c1-5-16-31(22-13-12-20-10-8-9-11-21(20)17-22)27(35)25-30-15-14-29(6-2,38-30)24(28(36)37-7-3)23(30)26(34)32(25)19(4)18-33/h5,8-13,17,19,23-25,33H,1,6-7,14-16,18H2,2-4H3/t19-,23+,24-,25?,29+,30?/m1/s1. The summed E-state index contributed by atoms with van der Waals surface area (Å²) in [5, 5.41) is 12.1. The average molecular weight is 521 g/mol. The van der Waals surface area contributed by atoms with E-state index in [1.165, 1.54) is 4.90 Å². The number of hydrogen-bond donors (Lipinski definition) is 1. The van der Waals surface area contributed by atoms with E-state index in [0.29, 0.717) is 24.9 Å². The second-order valence-corrected chi connectivity index (χ2v) is 10.6. The number of likely N-dealkylation sites (tertiary alicyclic amines) is 1. The monoisotopic (exact) mass is 520 g/mol. The van der Waals surface area contributed by atoms with Crippen molar-refractivity contribution >= 4 is 34.2 Å². The number of amides is 2. The summed E-state index contributed by atoms with van der Waals surface area (Å²) in [5.74, 6) is -2.76. The lowest BCUT2D eigenvalue weighted by Gasteiger charge is -2.38. The van der Waals surface area contributed by atoms with Crippen LogP contribution in [0.25, 0.3) is 10.8 Å². The van der Waals surface area contributed by atoms with E-state index in [1.54, 1.807) is 24.8 Å². The second kappa shape index (κ2) is 9.82. The fraction of sp³-hybridized carbons (Fsp3) is 0.500. The molecule has 0 saturated carbocycles. The van der Waals surface area contributed by atoms with Gasteiger partial charge in [-0.25, -0.2) is 0 Å². The number of fused-ring (bicyclic) bond motifs is 2. The normalized spacial score (nSPS) is 30.4. The minimum Gasteiger partial charge on any atom is -0.466 e. The summed E-state index contributed by atoms with van der Waals surface area (Å²) in [5.41, 5.74) is -1.36. The van der Waals surface area contributed by atoms with Crippen molar-refractivity contribution in [3.05, 3.63) is 55.1 Å². The lowest BCUT2D eigenvalue weighted by molar-refractivity contribution is -0.161. The third-order valence-corrected chi connectivity index (χ3v) is 8.75. The number of anilines is 1. The SMILES string of the molecule is C=CCN(C(=O)C1N([C@H](C)CO)C(=O)[C@@H]2[C@H](C(=O)OCC)[C@]3(CC)CCC12O3)c1ccc2ccccc2c1. The molecule has 0 radical (unpaired) electrons. The Bertz CT molecular complexity index is 1280. The van der Waals surface area contributed by atoms with Gasteiger partial charge in [-0.3, -0.25) is 14.4 Å². The lowest BCUT2D eigenvalue weighted by atomic mass is 9.65. The Labute approximate surface area is 223 Å².